The maximum absolute atomic E-state index is 9.89. The lowest BCUT2D eigenvalue weighted by Crippen LogP contribution is -2.45. The summed E-state index contributed by atoms with van der Waals surface area (Å²) in [5.41, 5.74) is 2.90. The number of hydrogen-bond acceptors (Lipinski definition) is 3. The van der Waals surface area contributed by atoms with Crippen molar-refractivity contribution in [2.24, 2.45) is 0 Å². The van der Waals surface area contributed by atoms with Gasteiger partial charge in [-0.2, -0.15) is 0 Å². The lowest BCUT2D eigenvalue weighted by Gasteiger charge is -2.34. The number of nitrogens with one attached hydrogen (secondary N) is 1. The summed E-state index contributed by atoms with van der Waals surface area (Å²) < 4.78 is 0. The van der Waals surface area contributed by atoms with Crippen LogP contribution in [-0.2, 0) is 13.0 Å². The Bertz CT molecular complexity index is 380. The van der Waals surface area contributed by atoms with Gasteiger partial charge in [0.05, 0.1) is 6.10 Å². The van der Waals surface area contributed by atoms with Gasteiger partial charge < -0.3 is 10.4 Å². The summed E-state index contributed by atoms with van der Waals surface area (Å²) in [6.07, 6.45) is 0.907. The molecule has 2 aliphatic heterocycles. The number of nitrogens with zero attached hydrogens (tertiary/aromatic N) is 1. The quantitative estimate of drug-likeness (QED) is 0.715. The lowest BCUT2D eigenvalue weighted by molar-refractivity contribution is 0.0747. The number of β-amino-alcohol motifs (C(OH)–C–C–N with tert-alkyl or cyclic N) is 1. The molecule has 0 bridgehead atoms. The summed E-state index contributed by atoms with van der Waals surface area (Å²) in [5, 5.41) is 13.1. The SMILES string of the molecule is O[C@H]1CNC[C@@H]1N1CCc2ccccc2C1. The van der Waals surface area contributed by atoms with Gasteiger partial charge in [0.1, 0.15) is 0 Å². The third-order valence-electron chi connectivity index (χ3n) is 3.78. The lowest BCUT2D eigenvalue weighted by atomic mass is 9.98. The highest BCUT2D eigenvalue weighted by molar-refractivity contribution is 5.29. The fourth-order valence-electron chi connectivity index (χ4n) is 2.82. The van der Waals surface area contributed by atoms with E-state index in [9.17, 15) is 5.11 Å². The Morgan fingerprint density at radius 1 is 1.19 bits per heavy atom. The fourth-order valence-corrected chi connectivity index (χ4v) is 2.82. The molecule has 16 heavy (non-hydrogen) atoms. The zero-order valence-electron chi connectivity index (χ0n) is 9.39. The molecular formula is C13H18N2O. The number of fused-ring (bicyclic) bond motifs is 1. The predicted molar refractivity (Wildman–Crippen MR) is 63.2 cm³/mol. The Balaban J connectivity index is 1.77. The third kappa shape index (κ3) is 1.75. The second-order valence-corrected chi connectivity index (χ2v) is 4.78. The molecular weight excluding hydrogens is 200 g/mol. The molecule has 3 heteroatoms. The average molecular weight is 218 g/mol. The van der Waals surface area contributed by atoms with Gasteiger partial charge in [-0.15, -0.1) is 0 Å². The van der Waals surface area contributed by atoms with Crippen molar-refractivity contribution >= 4 is 0 Å². The van der Waals surface area contributed by atoms with Gasteiger partial charge in [0.15, 0.2) is 0 Å². The second-order valence-electron chi connectivity index (χ2n) is 4.78. The van der Waals surface area contributed by atoms with Gasteiger partial charge in [-0.25, -0.2) is 0 Å². The number of hydrogen-bond donors (Lipinski definition) is 2. The van der Waals surface area contributed by atoms with Crippen LogP contribution in [0.25, 0.3) is 0 Å². The molecule has 0 saturated carbocycles. The monoisotopic (exact) mass is 218 g/mol. The molecule has 0 spiro atoms. The molecule has 1 saturated heterocycles. The van der Waals surface area contributed by atoms with Gasteiger partial charge in [-0.05, 0) is 17.5 Å². The Morgan fingerprint density at radius 2 is 2.00 bits per heavy atom. The molecule has 1 aromatic rings. The maximum Gasteiger partial charge on any atom is 0.0831 e. The van der Waals surface area contributed by atoms with Crippen molar-refractivity contribution < 1.29 is 5.11 Å². The predicted octanol–water partition coefficient (Wildman–Crippen LogP) is 0.377. The van der Waals surface area contributed by atoms with E-state index in [1.54, 1.807) is 0 Å². The van der Waals surface area contributed by atoms with E-state index in [4.69, 9.17) is 0 Å². The van der Waals surface area contributed by atoms with E-state index < -0.39 is 0 Å². The summed E-state index contributed by atoms with van der Waals surface area (Å²) in [7, 11) is 0. The van der Waals surface area contributed by atoms with Crippen molar-refractivity contribution in [3.63, 3.8) is 0 Å². The van der Waals surface area contributed by atoms with E-state index in [0.717, 1.165) is 32.6 Å². The maximum atomic E-state index is 9.89. The molecule has 0 aliphatic carbocycles. The topological polar surface area (TPSA) is 35.5 Å². The van der Waals surface area contributed by atoms with E-state index in [2.05, 4.69) is 34.5 Å². The highest BCUT2D eigenvalue weighted by Gasteiger charge is 2.32. The van der Waals surface area contributed by atoms with Crippen molar-refractivity contribution in [3.8, 4) is 0 Å². The Labute approximate surface area is 96.1 Å². The highest BCUT2D eigenvalue weighted by Crippen LogP contribution is 2.22. The molecule has 1 aromatic carbocycles. The number of aliphatic hydroxyl groups excluding tert-OH is 1. The molecule has 0 unspecified atom stereocenters. The number of rotatable bonds is 1. The van der Waals surface area contributed by atoms with Crippen LogP contribution in [0.3, 0.4) is 0 Å². The average Bonchev–Trinajstić information content (AvgIpc) is 2.75. The van der Waals surface area contributed by atoms with Gasteiger partial charge in [-0.3, -0.25) is 4.90 Å². The fraction of sp³-hybridized carbons (Fsp3) is 0.538. The minimum absolute atomic E-state index is 0.203. The zero-order chi connectivity index (χ0) is 11.0. The Morgan fingerprint density at radius 3 is 2.75 bits per heavy atom. The minimum atomic E-state index is -0.203. The van der Waals surface area contributed by atoms with Crippen LogP contribution in [0.5, 0.6) is 0 Å². The molecule has 0 amide bonds. The van der Waals surface area contributed by atoms with Gasteiger partial charge in [0, 0.05) is 32.2 Å². The largest absolute Gasteiger partial charge is 0.390 e. The van der Waals surface area contributed by atoms with Crippen molar-refractivity contribution in [1.29, 1.82) is 0 Å². The molecule has 0 aromatic heterocycles. The number of aliphatic hydroxyl groups is 1. The Kier molecular flexibility index (Phi) is 2.67. The highest BCUT2D eigenvalue weighted by atomic mass is 16.3. The summed E-state index contributed by atoms with van der Waals surface area (Å²) >= 11 is 0. The van der Waals surface area contributed by atoms with Crippen LogP contribution >= 0.6 is 0 Å². The van der Waals surface area contributed by atoms with Gasteiger partial charge >= 0.3 is 0 Å². The number of benzene rings is 1. The smallest absolute Gasteiger partial charge is 0.0831 e. The standard InChI is InChI=1S/C13H18N2O/c16-13-8-14-7-12(13)15-6-5-10-3-1-2-4-11(10)9-15/h1-4,12-14,16H,5-9H2/t12-,13-/m0/s1. The van der Waals surface area contributed by atoms with Gasteiger partial charge in [0.2, 0.25) is 0 Å². The van der Waals surface area contributed by atoms with E-state index in [1.165, 1.54) is 11.1 Å². The summed E-state index contributed by atoms with van der Waals surface area (Å²) in [6.45, 7) is 3.71. The van der Waals surface area contributed by atoms with Crippen LogP contribution in [-0.4, -0.2) is 41.8 Å². The normalized spacial score (nSPS) is 30.3. The Hall–Kier alpha value is -0.900. The van der Waals surface area contributed by atoms with Crippen LogP contribution in [0.1, 0.15) is 11.1 Å². The molecule has 2 N–H and O–H groups in total. The summed E-state index contributed by atoms with van der Waals surface area (Å²) in [6, 6.07) is 8.94. The molecule has 2 aliphatic rings. The first-order valence-corrected chi connectivity index (χ1v) is 6.04. The van der Waals surface area contributed by atoms with Crippen molar-refractivity contribution in [2.45, 2.75) is 25.1 Å². The molecule has 86 valence electrons. The summed E-state index contributed by atoms with van der Waals surface area (Å²) in [5.74, 6) is 0. The van der Waals surface area contributed by atoms with Crippen molar-refractivity contribution in [2.75, 3.05) is 19.6 Å². The minimum Gasteiger partial charge on any atom is -0.390 e. The molecule has 3 rings (SSSR count). The van der Waals surface area contributed by atoms with E-state index in [1.807, 2.05) is 0 Å². The van der Waals surface area contributed by atoms with Gasteiger partial charge in [0.25, 0.3) is 0 Å². The molecule has 2 atom stereocenters. The van der Waals surface area contributed by atoms with Crippen LogP contribution in [0.4, 0.5) is 0 Å². The molecule has 0 radical (unpaired) electrons. The van der Waals surface area contributed by atoms with E-state index in [-0.39, 0.29) is 6.10 Å². The van der Waals surface area contributed by atoms with Crippen LogP contribution < -0.4 is 5.32 Å². The third-order valence-corrected chi connectivity index (χ3v) is 3.78. The first-order valence-electron chi connectivity index (χ1n) is 6.04. The molecule has 2 heterocycles. The van der Waals surface area contributed by atoms with Crippen LogP contribution in [0.2, 0.25) is 0 Å². The van der Waals surface area contributed by atoms with Crippen LogP contribution in [0, 0.1) is 0 Å². The zero-order valence-corrected chi connectivity index (χ0v) is 9.39. The molecule has 3 nitrogen and oxygen atoms in total. The van der Waals surface area contributed by atoms with E-state index in [0.29, 0.717) is 6.04 Å². The van der Waals surface area contributed by atoms with Crippen molar-refractivity contribution in [1.82, 2.24) is 10.2 Å². The molecule has 1 fully saturated rings. The second kappa shape index (κ2) is 4.17. The first-order chi connectivity index (χ1) is 7.84. The van der Waals surface area contributed by atoms with Gasteiger partial charge in [-0.1, -0.05) is 24.3 Å². The van der Waals surface area contributed by atoms with Crippen molar-refractivity contribution in [3.05, 3.63) is 35.4 Å². The van der Waals surface area contributed by atoms with Crippen LogP contribution in [0.15, 0.2) is 24.3 Å². The van der Waals surface area contributed by atoms with E-state index >= 15 is 0 Å². The summed E-state index contributed by atoms with van der Waals surface area (Å²) in [4.78, 5) is 2.41. The first kappa shape index (κ1) is 10.3.